The molecule has 2 rings (SSSR count). The van der Waals surface area contributed by atoms with Crippen LogP contribution in [0.5, 0.6) is 0 Å². The van der Waals surface area contributed by atoms with Gasteiger partial charge in [-0.25, -0.2) is 4.79 Å². The third kappa shape index (κ3) is 3.42. The Morgan fingerprint density at radius 2 is 2.35 bits per heavy atom. The number of amides is 2. The minimum absolute atomic E-state index is 0.152. The summed E-state index contributed by atoms with van der Waals surface area (Å²) in [6.07, 6.45) is 0.238. The van der Waals surface area contributed by atoms with Crippen molar-refractivity contribution in [1.82, 2.24) is 5.32 Å². The summed E-state index contributed by atoms with van der Waals surface area (Å²) in [5.41, 5.74) is 0.562. The van der Waals surface area contributed by atoms with Crippen LogP contribution in [0.4, 0.5) is 10.5 Å². The van der Waals surface area contributed by atoms with Crippen molar-refractivity contribution in [2.45, 2.75) is 32.0 Å². The fourth-order valence-electron chi connectivity index (χ4n) is 2.08. The van der Waals surface area contributed by atoms with Crippen molar-refractivity contribution < 1.29 is 14.6 Å². The zero-order chi connectivity index (χ0) is 14.8. The maximum atomic E-state index is 11.8. The predicted octanol–water partition coefficient (Wildman–Crippen LogP) is 2.31. The lowest BCUT2D eigenvalue weighted by molar-refractivity contribution is -0.0241. The number of benzene rings is 1. The van der Waals surface area contributed by atoms with Gasteiger partial charge in [0.2, 0.25) is 0 Å². The van der Waals surface area contributed by atoms with Crippen LogP contribution in [0.15, 0.2) is 18.2 Å². The van der Waals surface area contributed by atoms with Crippen molar-refractivity contribution >= 4 is 23.3 Å². The number of aliphatic hydroxyl groups is 1. The summed E-state index contributed by atoms with van der Waals surface area (Å²) in [7, 11) is 0. The van der Waals surface area contributed by atoms with E-state index in [4.69, 9.17) is 16.3 Å². The molecule has 1 aromatic rings. The highest BCUT2D eigenvalue weighted by Gasteiger charge is 2.39. The average Bonchev–Trinajstić information content (AvgIpc) is 2.72. The van der Waals surface area contributed by atoms with Gasteiger partial charge < -0.3 is 20.5 Å². The van der Waals surface area contributed by atoms with E-state index < -0.39 is 5.60 Å². The summed E-state index contributed by atoms with van der Waals surface area (Å²) in [5, 5.41) is 16.2. The molecule has 0 bridgehead atoms. The smallest absolute Gasteiger partial charge is 0.319 e. The van der Waals surface area contributed by atoms with Crippen molar-refractivity contribution in [3.05, 3.63) is 28.8 Å². The zero-order valence-corrected chi connectivity index (χ0v) is 12.3. The normalized spacial score (nSPS) is 25.5. The van der Waals surface area contributed by atoms with E-state index in [-0.39, 0.29) is 18.7 Å². The van der Waals surface area contributed by atoms with Crippen molar-refractivity contribution in [3.63, 3.8) is 0 Å². The Morgan fingerprint density at radius 1 is 1.60 bits per heavy atom. The number of hydrogen-bond acceptors (Lipinski definition) is 3. The first-order valence-corrected chi connectivity index (χ1v) is 6.93. The molecule has 0 saturated carbocycles. The van der Waals surface area contributed by atoms with Crippen LogP contribution in [-0.4, -0.2) is 36.0 Å². The molecule has 5 nitrogen and oxygen atoms in total. The van der Waals surface area contributed by atoms with Gasteiger partial charge in [0.05, 0.1) is 12.6 Å². The minimum atomic E-state index is -0.998. The van der Waals surface area contributed by atoms with E-state index in [0.717, 1.165) is 5.56 Å². The molecule has 3 N–H and O–H groups in total. The van der Waals surface area contributed by atoms with Gasteiger partial charge >= 0.3 is 6.03 Å². The quantitative estimate of drug-likeness (QED) is 0.802. The molecule has 1 fully saturated rings. The van der Waals surface area contributed by atoms with Gasteiger partial charge in [0.25, 0.3) is 0 Å². The Labute approximate surface area is 123 Å². The lowest BCUT2D eigenvalue weighted by Gasteiger charge is -2.26. The van der Waals surface area contributed by atoms with Crippen LogP contribution in [0.25, 0.3) is 0 Å². The van der Waals surface area contributed by atoms with E-state index >= 15 is 0 Å². The van der Waals surface area contributed by atoms with E-state index in [1.54, 1.807) is 19.1 Å². The first kappa shape index (κ1) is 15.1. The highest BCUT2D eigenvalue weighted by Crippen LogP contribution is 2.25. The summed E-state index contributed by atoms with van der Waals surface area (Å²) in [6.45, 7) is 4.35. The van der Waals surface area contributed by atoms with Gasteiger partial charge in [0.15, 0.2) is 0 Å². The second kappa shape index (κ2) is 5.99. The maximum Gasteiger partial charge on any atom is 0.319 e. The molecular weight excluding hydrogens is 280 g/mol. The first-order valence-electron chi connectivity index (χ1n) is 6.56. The zero-order valence-electron chi connectivity index (χ0n) is 11.6. The third-order valence-electron chi connectivity index (χ3n) is 3.64. The van der Waals surface area contributed by atoms with Gasteiger partial charge in [-0.3, -0.25) is 0 Å². The number of carbonyl (C=O) groups excluding carboxylic acids is 1. The number of halogens is 1. The lowest BCUT2D eigenvalue weighted by Crippen LogP contribution is -2.48. The molecule has 1 aliphatic rings. The minimum Gasteiger partial charge on any atom is -0.385 e. The van der Waals surface area contributed by atoms with E-state index in [1.165, 1.54) is 0 Å². The monoisotopic (exact) mass is 298 g/mol. The van der Waals surface area contributed by atoms with Crippen LogP contribution in [0, 0.1) is 6.92 Å². The maximum absolute atomic E-state index is 11.8. The van der Waals surface area contributed by atoms with E-state index in [0.29, 0.717) is 23.7 Å². The molecule has 20 heavy (non-hydrogen) atoms. The van der Waals surface area contributed by atoms with Gasteiger partial charge in [0, 0.05) is 23.7 Å². The molecule has 2 atom stereocenters. The van der Waals surface area contributed by atoms with Crippen molar-refractivity contribution in [2.24, 2.45) is 0 Å². The van der Waals surface area contributed by atoms with E-state index in [9.17, 15) is 9.90 Å². The largest absolute Gasteiger partial charge is 0.385 e. The molecule has 2 amide bonds. The van der Waals surface area contributed by atoms with Crippen LogP contribution >= 0.6 is 11.6 Å². The highest BCUT2D eigenvalue weighted by atomic mass is 35.5. The number of hydrogen-bond donors (Lipinski definition) is 3. The van der Waals surface area contributed by atoms with Gasteiger partial charge in [-0.15, -0.1) is 0 Å². The molecule has 2 unspecified atom stereocenters. The summed E-state index contributed by atoms with van der Waals surface area (Å²) >= 11 is 5.99. The second-order valence-corrected chi connectivity index (χ2v) is 5.55. The Morgan fingerprint density at radius 3 is 2.95 bits per heavy atom. The fourth-order valence-corrected chi connectivity index (χ4v) is 2.26. The molecule has 6 heteroatoms. The van der Waals surface area contributed by atoms with Crippen LogP contribution in [0.1, 0.15) is 18.9 Å². The highest BCUT2D eigenvalue weighted by molar-refractivity contribution is 6.31. The number of nitrogens with one attached hydrogen (secondary N) is 2. The molecule has 0 radical (unpaired) electrons. The van der Waals surface area contributed by atoms with Crippen LogP contribution in [-0.2, 0) is 4.74 Å². The molecule has 0 spiro atoms. The number of carbonyl (C=O) groups is 1. The lowest BCUT2D eigenvalue weighted by atomic mass is 9.97. The van der Waals surface area contributed by atoms with Crippen LogP contribution < -0.4 is 10.6 Å². The Balaban J connectivity index is 1.88. The second-order valence-electron chi connectivity index (χ2n) is 5.14. The molecule has 1 aromatic carbocycles. The molecule has 1 aliphatic heterocycles. The molecule has 1 saturated heterocycles. The Kier molecular flexibility index (Phi) is 4.52. The number of ether oxygens (including phenoxy) is 1. The summed E-state index contributed by atoms with van der Waals surface area (Å²) in [5.74, 6) is 0. The van der Waals surface area contributed by atoms with E-state index in [2.05, 4.69) is 10.6 Å². The molecular formula is C14H19ClN2O3. The van der Waals surface area contributed by atoms with Gasteiger partial charge in [-0.05, 0) is 31.5 Å². The van der Waals surface area contributed by atoms with Crippen molar-refractivity contribution in [1.29, 1.82) is 0 Å². The van der Waals surface area contributed by atoms with Crippen LogP contribution in [0.2, 0.25) is 5.02 Å². The Bertz CT molecular complexity index is 509. The van der Waals surface area contributed by atoms with Gasteiger partial charge in [0.1, 0.15) is 5.60 Å². The summed E-state index contributed by atoms with van der Waals surface area (Å²) in [4.78, 5) is 11.8. The molecule has 1 heterocycles. The standard InChI is InChI=1S/C14H19ClN2O3/c1-9-3-4-11(7-12(9)15)17-13(18)16-8-14(19)5-6-20-10(14)2/h3-4,7,10,19H,5-6,8H2,1-2H3,(H2,16,17,18). The van der Waals surface area contributed by atoms with Gasteiger partial charge in [-0.1, -0.05) is 17.7 Å². The van der Waals surface area contributed by atoms with Crippen molar-refractivity contribution in [3.8, 4) is 0 Å². The molecule has 110 valence electrons. The fraction of sp³-hybridized carbons (Fsp3) is 0.500. The number of anilines is 1. The van der Waals surface area contributed by atoms with Crippen molar-refractivity contribution in [2.75, 3.05) is 18.5 Å². The Hall–Kier alpha value is -1.30. The van der Waals surface area contributed by atoms with E-state index in [1.807, 2.05) is 13.0 Å². The SMILES string of the molecule is Cc1ccc(NC(=O)NCC2(O)CCOC2C)cc1Cl. The topological polar surface area (TPSA) is 70.6 Å². The third-order valence-corrected chi connectivity index (χ3v) is 4.05. The summed E-state index contributed by atoms with van der Waals surface area (Å²) in [6, 6.07) is 4.92. The summed E-state index contributed by atoms with van der Waals surface area (Å²) < 4.78 is 5.31. The number of aryl methyl sites for hydroxylation is 1. The first-order chi connectivity index (χ1) is 9.40. The molecule has 0 aliphatic carbocycles. The number of urea groups is 1. The predicted molar refractivity (Wildman–Crippen MR) is 78.2 cm³/mol. The number of rotatable bonds is 3. The molecule has 0 aromatic heterocycles. The van der Waals surface area contributed by atoms with Gasteiger partial charge in [-0.2, -0.15) is 0 Å². The van der Waals surface area contributed by atoms with Crippen LogP contribution in [0.3, 0.4) is 0 Å². The average molecular weight is 299 g/mol.